The fourth-order valence-electron chi connectivity index (χ4n) is 2.62. The van der Waals surface area contributed by atoms with E-state index in [9.17, 15) is 9.59 Å². The highest BCUT2D eigenvalue weighted by molar-refractivity contribution is 5.93. The summed E-state index contributed by atoms with van der Waals surface area (Å²) in [5.74, 6) is -0.432. The Morgan fingerprint density at radius 3 is 2.37 bits per heavy atom. The fraction of sp³-hybridized carbons (Fsp3) is 0.300. The van der Waals surface area contributed by atoms with Crippen LogP contribution in [-0.2, 0) is 19.1 Å². The van der Waals surface area contributed by atoms with Crippen molar-refractivity contribution in [3.05, 3.63) is 54.6 Å². The molecule has 0 radical (unpaired) electrons. The van der Waals surface area contributed by atoms with Crippen LogP contribution in [0.2, 0.25) is 0 Å². The molecule has 1 aliphatic heterocycles. The highest BCUT2D eigenvalue weighted by Gasteiger charge is 2.12. The second-order valence-electron chi connectivity index (χ2n) is 5.96. The Morgan fingerprint density at radius 1 is 0.963 bits per heavy atom. The van der Waals surface area contributed by atoms with Gasteiger partial charge in [0.2, 0.25) is 0 Å². The van der Waals surface area contributed by atoms with E-state index in [0.29, 0.717) is 11.4 Å². The van der Waals surface area contributed by atoms with Crippen LogP contribution in [0.15, 0.2) is 54.6 Å². The van der Waals surface area contributed by atoms with Gasteiger partial charge in [0, 0.05) is 24.5 Å². The van der Waals surface area contributed by atoms with E-state index in [1.54, 1.807) is 24.3 Å². The number of nitrogens with one attached hydrogen (secondary N) is 1. The standard InChI is InChI=1S/C20H22N2O5/c23-19(14-27-20(24)15-26-18-4-2-1-3-5-18)21-16-6-8-17(9-7-16)22-10-12-25-13-11-22/h1-9H,10-15H2,(H,21,23). The summed E-state index contributed by atoms with van der Waals surface area (Å²) in [7, 11) is 0. The summed E-state index contributed by atoms with van der Waals surface area (Å²) in [5.41, 5.74) is 1.73. The molecule has 2 aromatic carbocycles. The fourth-order valence-corrected chi connectivity index (χ4v) is 2.62. The van der Waals surface area contributed by atoms with Crippen LogP contribution >= 0.6 is 0 Å². The molecule has 0 atom stereocenters. The van der Waals surface area contributed by atoms with Crippen molar-refractivity contribution in [2.75, 3.05) is 49.7 Å². The lowest BCUT2D eigenvalue weighted by Crippen LogP contribution is -2.36. The van der Waals surface area contributed by atoms with E-state index in [2.05, 4.69) is 10.2 Å². The van der Waals surface area contributed by atoms with Gasteiger partial charge in [0.1, 0.15) is 5.75 Å². The van der Waals surface area contributed by atoms with Crippen molar-refractivity contribution in [2.24, 2.45) is 0 Å². The molecule has 142 valence electrons. The zero-order valence-corrected chi connectivity index (χ0v) is 14.9. The predicted molar refractivity (Wildman–Crippen MR) is 101 cm³/mol. The van der Waals surface area contributed by atoms with Crippen LogP contribution in [0.4, 0.5) is 11.4 Å². The molecule has 0 aliphatic carbocycles. The number of hydrogen-bond donors (Lipinski definition) is 1. The third-order valence-corrected chi connectivity index (χ3v) is 3.99. The average Bonchev–Trinajstić information content (AvgIpc) is 2.73. The average molecular weight is 370 g/mol. The SMILES string of the molecule is O=C(COC(=O)COc1ccccc1)Nc1ccc(N2CCOCC2)cc1. The number of carbonyl (C=O) groups excluding carboxylic acids is 2. The number of carbonyl (C=O) groups is 2. The Morgan fingerprint density at radius 2 is 1.67 bits per heavy atom. The minimum atomic E-state index is -0.600. The van der Waals surface area contributed by atoms with Crippen LogP contribution in [-0.4, -0.2) is 51.4 Å². The first-order chi connectivity index (χ1) is 13.2. The van der Waals surface area contributed by atoms with Crippen LogP contribution in [0.5, 0.6) is 5.75 Å². The Balaban J connectivity index is 1.39. The minimum Gasteiger partial charge on any atom is -0.482 e. The lowest BCUT2D eigenvalue weighted by Gasteiger charge is -2.28. The minimum absolute atomic E-state index is 0.245. The molecule has 1 heterocycles. The zero-order valence-electron chi connectivity index (χ0n) is 14.9. The number of para-hydroxylation sites is 1. The van der Waals surface area contributed by atoms with Gasteiger partial charge in [-0.2, -0.15) is 0 Å². The summed E-state index contributed by atoms with van der Waals surface area (Å²) < 4.78 is 15.5. The van der Waals surface area contributed by atoms with Crippen molar-refractivity contribution in [1.82, 2.24) is 0 Å². The molecule has 0 aromatic heterocycles. The van der Waals surface area contributed by atoms with E-state index in [-0.39, 0.29) is 13.2 Å². The quantitative estimate of drug-likeness (QED) is 0.752. The summed E-state index contributed by atoms with van der Waals surface area (Å²) in [6, 6.07) is 16.5. The number of esters is 1. The highest BCUT2D eigenvalue weighted by Crippen LogP contribution is 2.19. The van der Waals surface area contributed by atoms with E-state index in [0.717, 1.165) is 32.0 Å². The van der Waals surface area contributed by atoms with Crippen molar-refractivity contribution in [3.63, 3.8) is 0 Å². The first-order valence-corrected chi connectivity index (χ1v) is 8.77. The summed E-state index contributed by atoms with van der Waals surface area (Å²) in [6.07, 6.45) is 0. The van der Waals surface area contributed by atoms with Gasteiger partial charge in [-0.1, -0.05) is 18.2 Å². The predicted octanol–water partition coefficient (Wildman–Crippen LogP) is 2.08. The Hall–Kier alpha value is -3.06. The number of anilines is 2. The first-order valence-electron chi connectivity index (χ1n) is 8.77. The van der Waals surface area contributed by atoms with E-state index in [1.807, 2.05) is 30.3 Å². The molecule has 3 rings (SSSR count). The van der Waals surface area contributed by atoms with Crippen molar-refractivity contribution in [3.8, 4) is 5.75 Å². The van der Waals surface area contributed by atoms with Gasteiger partial charge in [-0.3, -0.25) is 4.79 Å². The summed E-state index contributed by atoms with van der Waals surface area (Å²) in [4.78, 5) is 25.8. The normalized spacial score (nSPS) is 13.7. The molecule has 27 heavy (non-hydrogen) atoms. The molecule has 7 heteroatoms. The summed E-state index contributed by atoms with van der Waals surface area (Å²) in [6.45, 7) is 2.54. The molecule has 1 fully saturated rings. The molecule has 2 aromatic rings. The molecule has 0 unspecified atom stereocenters. The van der Waals surface area contributed by atoms with Gasteiger partial charge >= 0.3 is 5.97 Å². The maximum absolute atomic E-state index is 11.9. The van der Waals surface area contributed by atoms with Crippen LogP contribution in [0.1, 0.15) is 0 Å². The van der Waals surface area contributed by atoms with Gasteiger partial charge in [0.25, 0.3) is 5.91 Å². The molecular weight excluding hydrogens is 348 g/mol. The third-order valence-electron chi connectivity index (χ3n) is 3.99. The largest absolute Gasteiger partial charge is 0.482 e. The van der Waals surface area contributed by atoms with Gasteiger partial charge in [0.05, 0.1) is 13.2 Å². The number of hydrogen-bond acceptors (Lipinski definition) is 6. The lowest BCUT2D eigenvalue weighted by atomic mass is 10.2. The third kappa shape index (κ3) is 6.00. The number of morpholine rings is 1. The van der Waals surface area contributed by atoms with Gasteiger partial charge in [-0.15, -0.1) is 0 Å². The molecule has 1 N–H and O–H groups in total. The molecule has 1 aliphatic rings. The maximum Gasteiger partial charge on any atom is 0.344 e. The molecule has 0 saturated carbocycles. The molecule has 1 saturated heterocycles. The van der Waals surface area contributed by atoms with E-state index in [1.165, 1.54) is 0 Å². The second kappa shape index (κ2) is 9.59. The van der Waals surface area contributed by atoms with E-state index < -0.39 is 11.9 Å². The van der Waals surface area contributed by atoms with Gasteiger partial charge in [0.15, 0.2) is 13.2 Å². The molecule has 1 amide bonds. The number of amides is 1. The summed E-state index contributed by atoms with van der Waals surface area (Å²) >= 11 is 0. The molecule has 0 spiro atoms. The number of rotatable bonds is 7. The van der Waals surface area contributed by atoms with E-state index in [4.69, 9.17) is 14.2 Å². The van der Waals surface area contributed by atoms with Crippen molar-refractivity contribution in [2.45, 2.75) is 0 Å². The smallest absolute Gasteiger partial charge is 0.344 e. The highest BCUT2D eigenvalue weighted by atomic mass is 16.6. The molecular formula is C20H22N2O5. The van der Waals surface area contributed by atoms with E-state index >= 15 is 0 Å². The van der Waals surface area contributed by atoms with Crippen molar-refractivity contribution >= 4 is 23.3 Å². The van der Waals surface area contributed by atoms with Crippen LogP contribution < -0.4 is 15.0 Å². The Bertz CT molecular complexity index is 743. The Labute approximate surface area is 157 Å². The molecule has 0 bridgehead atoms. The second-order valence-corrected chi connectivity index (χ2v) is 5.96. The first kappa shape index (κ1) is 18.7. The number of ether oxygens (including phenoxy) is 3. The van der Waals surface area contributed by atoms with Gasteiger partial charge in [-0.05, 0) is 36.4 Å². The van der Waals surface area contributed by atoms with Gasteiger partial charge in [-0.25, -0.2) is 4.79 Å². The van der Waals surface area contributed by atoms with Gasteiger partial charge < -0.3 is 24.4 Å². The Kier molecular flexibility index (Phi) is 6.65. The monoisotopic (exact) mass is 370 g/mol. The van der Waals surface area contributed by atoms with Crippen molar-refractivity contribution < 1.29 is 23.8 Å². The lowest BCUT2D eigenvalue weighted by molar-refractivity contribution is -0.149. The number of benzene rings is 2. The topological polar surface area (TPSA) is 77.1 Å². The zero-order chi connectivity index (χ0) is 18.9. The van der Waals surface area contributed by atoms with Crippen LogP contribution in [0.3, 0.4) is 0 Å². The van der Waals surface area contributed by atoms with Crippen LogP contribution in [0, 0.1) is 0 Å². The summed E-state index contributed by atoms with van der Waals surface area (Å²) in [5, 5.41) is 2.70. The van der Waals surface area contributed by atoms with Crippen molar-refractivity contribution in [1.29, 1.82) is 0 Å². The molecule has 7 nitrogen and oxygen atoms in total. The maximum atomic E-state index is 11.9. The van der Waals surface area contributed by atoms with Crippen LogP contribution in [0.25, 0.3) is 0 Å². The number of nitrogens with zero attached hydrogens (tertiary/aromatic N) is 1.